The van der Waals surface area contributed by atoms with Gasteiger partial charge in [0, 0.05) is 52.7 Å². The Kier molecular flexibility index (Phi) is 4.48. The third kappa shape index (κ3) is 3.03. The maximum atomic E-state index is 11.6. The van der Waals surface area contributed by atoms with Crippen molar-refractivity contribution in [2.45, 2.75) is 0 Å². The van der Waals surface area contributed by atoms with E-state index in [1.807, 2.05) is 4.90 Å². The second-order valence-corrected chi connectivity index (χ2v) is 4.07. The molecule has 5 heteroatoms. The smallest absolute Gasteiger partial charge is 0.319 e. The molecule has 0 bridgehead atoms. The number of rotatable bonds is 2. The fraction of sp³-hybridized carbons (Fsp3) is 0.889. The Morgan fingerprint density at radius 3 is 2.29 bits per heavy atom. The van der Waals surface area contributed by atoms with E-state index in [0.29, 0.717) is 5.88 Å². The molecular weight excluding hydrogens is 202 g/mol. The lowest BCUT2D eigenvalue weighted by molar-refractivity contribution is 0.126. The normalized spacial score (nSPS) is 18.4. The molecule has 0 aromatic carbocycles. The Morgan fingerprint density at radius 1 is 1.29 bits per heavy atom. The molecule has 0 unspecified atom stereocenters. The van der Waals surface area contributed by atoms with Gasteiger partial charge >= 0.3 is 6.03 Å². The summed E-state index contributed by atoms with van der Waals surface area (Å²) in [6.07, 6.45) is 0. The van der Waals surface area contributed by atoms with Gasteiger partial charge in [-0.1, -0.05) is 0 Å². The summed E-state index contributed by atoms with van der Waals surface area (Å²) in [5.41, 5.74) is 0. The number of hydrogen-bond acceptors (Lipinski definition) is 2. The zero-order valence-corrected chi connectivity index (χ0v) is 9.63. The van der Waals surface area contributed by atoms with Crippen LogP contribution < -0.4 is 0 Å². The highest BCUT2D eigenvalue weighted by Gasteiger charge is 2.21. The largest absolute Gasteiger partial charge is 0.331 e. The second kappa shape index (κ2) is 5.41. The number of alkyl halides is 1. The monoisotopic (exact) mass is 219 g/mol. The molecule has 1 saturated heterocycles. The average molecular weight is 220 g/mol. The highest BCUT2D eigenvalue weighted by molar-refractivity contribution is 6.18. The van der Waals surface area contributed by atoms with Crippen molar-refractivity contribution in [1.82, 2.24) is 14.7 Å². The Bertz CT molecular complexity index is 190. The molecule has 0 aromatic rings. The van der Waals surface area contributed by atoms with Crippen molar-refractivity contribution in [3.63, 3.8) is 0 Å². The van der Waals surface area contributed by atoms with Crippen molar-refractivity contribution in [3.8, 4) is 0 Å². The van der Waals surface area contributed by atoms with Gasteiger partial charge in [-0.05, 0) is 0 Å². The van der Waals surface area contributed by atoms with Crippen molar-refractivity contribution < 1.29 is 4.79 Å². The van der Waals surface area contributed by atoms with Gasteiger partial charge in [0.05, 0.1) is 0 Å². The molecular formula is C9H18ClN3O. The highest BCUT2D eigenvalue weighted by atomic mass is 35.5. The SMILES string of the molecule is CN(C)C(=O)N1CCN(CCCl)CC1. The molecule has 0 aliphatic carbocycles. The minimum absolute atomic E-state index is 0.107. The average Bonchev–Trinajstić information content (AvgIpc) is 2.18. The van der Waals surface area contributed by atoms with Gasteiger partial charge < -0.3 is 9.80 Å². The first-order chi connectivity index (χ1) is 6.65. The lowest BCUT2D eigenvalue weighted by Crippen LogP contribution is -2.51. The molecule has 82 valence electrons. The van der Waals surface area contributed by atoms with Crippen LogP contribution in [-0.4, -0.2) is 73.4 Å². The molecule has 0 spiro atoms. The Hall–Kier alpha value is -0.480. The van der Waals surface area contributed by atoms with Crippen LogP contribution in [0, 0.1) is 0 Å². The second-order valence-electron chi connectivity index (χ2n) is 3.69. The van der Waals surface area contributed by atoms with E-state index < -0.39 is 0 Å². The molecule has 1 heterocycles. The van der Waals surface area contributed by atoms with Gasteiger partial charge in [-0.25, -0.2) is 4.79 Å². The van der Waals surface area contributed by atoms with Gasteiger partial charge in [-0.15, -0.1) is 11.6 Å². The number of urea groups is 1. The van der Waals surface area contributed by atoms with Crippen molar-refractivity contribution in [2.24, 2.45) is 0 Å². The van der Waals surface area contributed by atoms with Crippen LogP contribution in [0.15, 0.2) is 0 Å². The molecule has 0 radical (unpaired) electrons. The van der Waals surface area contributed by atoms with Crippen LogP contribution in [0.5, 0.6) is 0 Å². The molecule has 1 aliphatic rings. The summed E-state index contributed by atoms with van der Waals surface area (Å²) in [6, 6.07) is 0.107. The Balaban J connectivity index is 2.32. The summed E-state index contributed by atoms with van der Waals surface area (Å²) < 4.78 is 0. The van der Waals surface area contributed by atoms with Gasteiger partial charge in [0.1, 0.15) is 0 Å². The number of carbonyl (C=O) groups is 1. The Labute approximate surface area is 90.4 Å². The highest BCUT2D eigenvalue weighted by Crippen LogP contribution is 2.03. The maximum Gasteiger partial charge on any atom is 0.319 e. The zero-order valence-electron chi connectivity index (χ0n) is 8.87. The van der Waals surface area contributed by atoms with Crippen molar-refractivity contribution in [3.05, 3.63) is 0 Å². The third-order valence-corrected chi connectivity index (χ3v) is 2.60. The minimum atomic E-state index is 0.107. The molecule has 0 atom stereocenters. The van der Waals surface area contributed by atoms with Gasteiger partial charge in [0.25, 0.3) is 0 Å². The van der Waals surface area contributed by atoms with Gasteiger partial charge in [0.2, 0.25) is 0 Å². The first-order valence-corrected chi connectivity index (χ1v) is 5.43. The van der Waals surface area contributed by atoms with E-state index in [9.17, 15) is 4.79 Å². The lowest BCUT2D eigenvalue weighted by atomic mass is 10.3. The summed E-state index contributed by atoms with van der Waals surface area (Å²) in [7, 11) is 3.57. The van der Waals surface area contributed by atoms with Crippen LogP contribution in [0.3, 0.4) is 0 Å². The van der Waals surface area contributed by atoms with Crippen LogP contribution in [0.2, 0.25) is 0 Å². The van der Waals surface area contributed by atoms with E-state index in [-0.39, 0.29) is 6.03 Å². The zero-order chi connectivity index (χ0) is 10.6. The summed E-state index contributed by atoms with van der Waals surface area (Å²) in [4.78, 5) is 17.4. The summed E-state index contributed by atoms with van der Waals surface area (Å²) in [6.45, 7) is 4.42. The maximum absolute atomic E-state index is 11.6. The van der Waals surface area contributed by atoms with E-state index in [1.54, 1.807) is 19.0 Å². The molecule has 0 N–H and O–H groups in total. The molecule has 0 aromatic heterocycles. The summed E-state index contributed by atoms with van der Waals surface area (Å²) in [5.74, 6) is 0.668. The van der Waals surface area contributed by atoms with Gasteiger partial charge in [-0.3, -0.25) is 4.90 Å². The first-order valence-electron chi connectivity index (χ1n) is 4.89. The fourth-order valence-electron chi connectivity index (χ4n) is 1.57. The molecule has 2 amide bonds. The van der Waals surface area contributed by atoms with Crippen molar-refractivity contribution >= 4 is 17.6 Å². The van der Waals surface area contributed by atoms with Crippen LogP contribution in [-0.2, 0) is 0 Å². The lowest BCUT2D eigenvalue weighted by Gasteiger charge is -2.35. The number of nitrogens with zero attached hydrogens (tertiary/aromatic N) is 3. The molecule has 14 heavy (non-hydrogen) atoms. The number of hydrogen-bond donors (Lipinski definition) is 0. The standard InChI is InChI=1S/C9H18ClN3O/c1-11(2)9(14)13-7-5-12(4-3-10)6-8-13/h3-8H2,1-2H3. The van der Waals surface area contributed by atoms with E-state index in [1.165, 1.54) is 0 Å². The molecule has 4 nitrogen and oxygen atoms in total. The van der Waals surface area contributed by atoms with Crippen molar-refractivity contribution in [2.75, 3.05) is 52.7 Å². The van der Waals surface area contributed by atoms with Crippen LogP contribution >= 0.6 is 11.6 Å². The Morgan fingerprint density at radius 2 is 1.86 bits per heavy atom. The van der Waals surface area contributed by atoms with E-state index in [0.717, 1.165) is 32.7 Å². The summed E-state index contributed by atoms with van der Waals surface area (Å²) >= 11 is 5.65. The van der Waals surface area contributed by atoms with E-state index >= 15 is 0 Å². The van der Waals surface area contributed by atoms with Gasteiger partial charge in [-0.2, -0.15) is 0 Å². The number of carbonyl (C=O) groups excluding carboxylic acids is 1. The van der Waals surface area contributed by atoms with E-state index in [4.69, 9.17) is 11.6 Å². The molecule has 1 fully saturated rings. The predicted octanol–water partition coefficient (Wildman–Crippen LogP) is 0.524. The predicted molar refractivity (Wildman–Crippen MR) is 57.8 cm³/mol. The first kappa shape index (κ1) is 11.6. The number of piperazine rings is 1. The molecule has 0 saturated carbocycles. The molecule has 1 rings (SSSR count). The number of amides is 2. The van der Waals surface area contributed by atoms with Crippen LogP contribution in [0.1, 0.15) is 0 Å². The quantitative estimate of drug-likeness (QED) is 0.634. The van der Waals surface area contributed by atoms with Crippen LogP contribution in [0.4, 0.5) is 4.79 Å². The van der Waals surface area contributed by atoms with Crippen LogP contribution in [0.25, 0.3) is 0 Å². The minimum Gasteiger partial charge on any atom is -0.331 e. The van der Waals surface area contributed by atoms with E-state index in [2.05, 4.69) is 4.90 Å². The summed E-state index contributed by atoms with van der Waals surface area (Å²) in [5, 5.41) is 0. The molecule has 1 aliphatic heterocycles. The third-order valence-electron chi connectivity index (χ3n) is 2.43. The van der Waals surface area contributed by atoms with Gasteiger partial charge in [0.15, 0.2) is 0 Å². The topological polar surface area (TPSA) is 26.8 Å². The fourth-order valence-corrected chi connectivity index (χ4v) is 1.80. The number of halogens is 1. The van der Waals surface area contributed by atoms with Crippen molar-refractivity contribution in [1.29, 1.82) is 0 Å².